The lowest BCUT2D eigenvalue weighted by Crippen LogP contribution is -2.57. The topological polar surface area (TPSA) is 141 Å². The van der Waals surface area contributed by atoms with Crippen LogP contribution in [-0.2, 0) is 30.3 Å². The summed E-state index contributed by atoms with van der Waals surface area (Å²) in [5.41, 5.74) is 0.984. The highest BCUT2D eigenvalue weighted by Crippen LogP contribution is 2.32. The molecule has 0 bridgehead atoms. The smallest absolute Gasteiger partial charge is 0.303 e. The van der Waals surface area contributed by atoms with Gasteiger partial charge in [-0.25, -0.2) is 0 Å². The number of likely N-dealkylation sites (N-methyl/N-ethyl adjacent to an activating group) is 1. The van der Waals surface area contributed by atoms with Crippen LogP contribution < -0.4 is 21.3 Å². The van der Waals surface area contributed by atoms with Crippen molar-refractivity contribution >= 4 is 39.4 Å². The summed E-state index contributed by atoms with van der Waals surface area (Å²) < 4.78 is 11.4. The second-order valence-corrected chi connectivity index (χ2v) is 13.8. The fraction of sp³-hybridized carbons (Fsp3) is 0.633. The molecule has 2 aliphatic rings. The third-order valence-corrected chi connectivity index (χ3v) is 10.0. The standard InChI is InChI=1S/C30H46N4O6S2/c1-18(2)19(3)26-27-30(40-27)33-24(29(38)32-23(28(37)31-5)15-21-11-7-6-8-12-21)17-42-41-14-10-9-13-22(39-20(4)35)16-25(36)34-26/h6-9,11-13,18-19,22-24,26-27,29-30,32-33,38H,10,14-17H2,1-5H3,(H,31,37)(H,34,36)/b13-9+/t19-,22?,23?,24?,26?,27?,29?,30?/m1/s1. The SMILES string of the molecule is CNC(=O)C(Cc1ccccc1)NC(O)C1CSSCC/C=C/C(OC(C)=O)CC(=O)NC([C@H](C)C(C)C)C2OC2N1. The molecule has 0 spiro atoms. The van der Waals surface area contributed by atoms with Gasteiger partial charge in [-0.05, 0) is 36.3 Å². The fourth-order valence-electron chi connectivity index (χ4n) is 4.81. The Hall–Kier alpha value is -2.09. The zero-order valence-electron chi connectivity index (χ0n) is 25.1. The molecule has 5 N–H and O–H groups in total. The number of amides is 2. The van der Waals surface area contributed by atoms with Gasteiger partial charge >= 0.3 is 5.97 Å². The molecular formula is C30H46N4O6S2. The first-order chi connectivity index (χ1) is 20.1. The molecule has 7 unspecified atom stereocenters. The van der Waals surface area contributed by atoms with Gasteiger partial charge < -0.3 is 25.2 Å². The van der Waals surface area contributed by atoms with Gasteiger partial charge in [-0.3, -0.25) is 25.0 Å². The molecule has 0 saturated carbocycles. The number of fused-ring (bicyclic) bond motifs is 1. The van der Waals surface area contributed by atoms with Gasteiger partial charge in [-0.2, -0.15) is 0 Å². The highest BCUT2D eigenvalue weighted by atomic mass is 33.1. The highest BCUT2D eigenvalue weighted by molar-refractivity contribution is 8.76. The first-order valence-corrected chi connectivity index (χ1v) is 17.1. The normalized spacial score (nSPS) is 28.5. The van der Waals surface area contributed by atoms with Crippen molar-refractivity contribution in [1.29, 1.82) is 0 Å². The molecule has 10 nitrogen and oxygen atoms in total. The third-order valence-electron chi connectivity index (χ3n) is 7.56. The Labute approximate surface area is 257 Å². The molecule has 0 aliphatic carbocycles. The number of nitrogens with one attached hydrogen (secondary N) is 4. The van der Waals surface area contributed by atoms with E-state index in [9.17, 15) is 19.5 Å². The summed E-state index contributed by atoms with van der Waals surface area (Å²) >= 11 is 0. The van der Waals surface area contributed by atoms with Crippen LogP contribution in [0.2, 0.25) is 0 Å². The minimum absolute atomic E-state index is 0.0255. The highest BCUT2D eigenvalue weighted by Gasteiger charge is 2.49. The fourth-order valence-corrected chi connectivity index (χ4v) is 7.05. The van der Waals surface area contributed by atoms with Crippen molar-refractivity contribution in [3.63, 3.8) is 0 Å². The summed E-state index contributed by atoms with van der Waals surface area (Å²) in [7, 11) is 4.87. The molecule has 1 fully saturated rings. The Morgan fingerprint density at radius 3 is 2.60 bits per heavy atom. The van der Waals surface area contributed by atoms with Crippen molar-refractivity contribution in [2.45, 2.75) is 89.7 Å². The monoisotopic (exact) mass is 622 g/mol. The van der Waals surface area contributed by atoms with E-state index in [0.717, 1.165) is 17.7 Å². The van der Waals surface area contributed by atoms with E-state index in [1.165, 1.54) is 6.92 Å². The van der Waals surface area contributed by atoms with E-state index in [4.69, 9.17) is 9.47 Å². The van der Waals surface area contributed by atoms with Crippen molar-refractivity contribution in [1.82, 2.24) is 21.3 Å². The number of carbonyl (C=O) groups excluding carboxylic acids is 3. The van der Waals surface area contributed by atoms with Crippen LogP contribution in [0.5, 0.6) is 0 Å². The average Bonchev–Trinajstić information content (AvgIpc) is 3.71. The van der Waals surface area contributed by atoms with Gasteiger partial charge in [0.05, 0.1) is 24.5 Å². The van der Waals surface area contributed by atoms with Gasteiger partial charge in [-0.1, -0.05) is 78.8 Å². The summed E-state index contributed by atoms with van der Waals surface area (Å²) in [5, 5.41) is 23.7. The van der Waals surface area contributed by atoms with E-state index in [1.807, 2.05) is 36.4 Å². The van der Waals surface area contributed by atoms with Crippen LogP contribution in [0.15, 0.2) is 42.5 Å². The number of benzene rings is 1. The Bertz CT molecular complexity index is 1050. The van der Waals surface area contributed by atoms with E-state index in [2.05, 4.69) is 42.0 Å². The number of hydrogen-bond donors (Lipinski definition) is 5. The van der Waals surface area contributed by atoms with E-state index in [1.54, 1.807) is 34.7 Å². The molecule has 2 amide bonds. The molecule has 2 heterocycles. The quantitative estimate of drug-likeness (QED) is 0.0917. The predicted molar refractivity (Wildman–Crippen MR) is 168 cm³/mol. The number of allylic oxidation sites excluding steroid dienone is 1. The number of hydrogen-bond acceptors (Lipinski definition) is 10. The zero-order chi connectivity index (χ0) is 30.6. The summed E-state index contributed by atoms with van der Waals surface area (Å²) in [5.74, 6) is 0.858. The molecule has 0 aromatic heterocycles. The van der Waals surface area contributed by atoms with Gasteiger partial charge in [0.25, 0.3) is 0 Å². The van der Waals surface area contributed by atoms with Crippen molar-refractivity contribution in [2.75, 3.05) is 18.6 Å². The lowest BCUT2D eigenvalue weighted by molar-refractivity contribution is -0.145. The first-order valence-electron chi connectivity index (χ1n) is 14.6. The van der Waals surface area contributed by atoms with E-state index >= 15 is 0 Å². The predicted octanol–water partition coefficient (Wildman–Crippen LogP) is 2.37. The maximum Gasteiger partial charge on any atom is 0.303 e. The number of rotatable bonds is 9. The number of ether oxygens (including phenoxy) is 2. The van der Waals surface area contributed by atoms with Crippen molar-refractivity contribution < 1.29 is 29.0 Å². The van der Waals surface area contributed by atoms with Crippen molar-refractivity contribution in [2.24, 2.45) is 11.8 Å². The van der Waals surface area contributed by atoms with Crippen LogP contribution in [0, 0.1) is 11.8 Å². The average molecular weight is 623 g/mol. The summed E-state index contributed by atoms with van der Waals surface area (Å²) in [6, 6.07) is 8.34. The number of carbonyl (C=O) groups is 3. The van der Waals surface area contributed by atoms with Crippen molar-refractivity contribution in [3.05, 3.63) is 48.0 Å². The van der Waals surface area contributed by atoms with Crippen LogP contribution in [0.25, 0.3) is 0 Å². The van der Waals surface area contributed by atoms with Crippen LogP contribution >= 0.6 is 21.6 Å². The molecule has 42 heavy (non-hydrogen) atoms. The first kappa shape index (κ1) is 34.4. The molecule has 8 atom stereocenters. The molecule has 3 rings (SSSR count). The summed E-state index contributed by atoms with van der Waals surface area (Å²) in [6.45, 7) is 7.61. The molecule has 0 radical (unpaired) electrons. The van der Waals surface area contributed by atoms with Gasteiger partial charge in [0.2, 0.25) is 11.8 Å². The minimum Gasteiger partial charge on any atom is -0.458 e. The van der Waals surface area contributed by atoms with Crippen molar-refractivity contribution in [3.8, 4) is 0 Å². The molecule has 2 aliphatic heterocycles. The van der Waals surface area contributed by atoms with E-state index < -0.39 is 30.4 Å². The molecular weight excluding hydrogens is 576 g/mol. The van der Waals surface area contributed by atoms with Gasteiger partial charge in [-0.15, -0.1) is 0 Å². The third kappa shape index (κ3) is 11.2. The lowest BCUT2D eigenvalue weighted by atomic mass is 9.88. The Balaban J connectivity index is 1.77. The van der Waals surface area contributed by atoms with Gasteiger partial charge in [0.1, 0.15) is 24.7 Å². The van der Waals surface area contributed by atoms with Crippen LogP contribution in [-0.4, -0.2) is 84.2 Å². The Morgan fingerprint density at radius 1 is 1.19 bits per heavy atom. The molecule has 1 saturated heterocycles. The lowest BCUT2D eigenvalue weighted by Gasteiger charge is -2.29. The van der Waals surface area contributed by atoms with Gasteiger partial charge in [0, 0.05) is 25.5 Å². The summed E-state index contributed by atoms with van der Waals surface area (Å²) in [4.78, 5) is 37.5. The molecule has 12 heteroatoms. The molecule has 1 aromatic carbocycles. The molecule has 234 valence electrons. The molecule has 1 aromatic rings. The van der Waals surface area contributed by atoms with Crippen LogP contribution in [0.1, 0.15) is 46.1 Å². The zero-order valence-corrected chi connectivity index (χ0v) is 26.7. The second-order valence-electron chi connectivity index (χ2n) is 11.1. The maximum absolute atomic E-state index is 13.1. The maximum atomic E-state index is 13.1. The number of epoxide rings is 1. The van der Waals surface area contributed by atoms with E-state index in [0.29, 0.717) is 12.2 Å². The number of aliphatic hydroxyl groups excluding tert-OH is 1. The van der Waals surface area contributed by atoms with Crippen LogP contribution in [0.3, 0.4) is 0 Å². The number of aliphatic hydroxyl groups is 1. The van der Waals surface area contributed by atoms with E-state index in [-0.39, 0.29) is 48.4 Å². The largest absolute Gasteiger partial charge is 0.458 e. The van der Waals surface area contributed by atoms with Gasteiger partial charge in [0.15, 0.2) is 0 Å². The summed E-state index contributed by atoms with van der Waals surface area (Å²) in [6.07, 6.45) is 2.54. The minimum atomic E-state index is -1.03. The Kier molecular flexibility index (Phi) is 14.1. The second kappa shape index (κ2) is 17.3. The van der Waals surface area contributed by atoms with Crippen LogP contribution in [0.4, 0.5) is 0 Å². The number of esters is 1. The Morgan fingerprint density at radius 2 is 1.93 bits per heavy atom.